The molecule has 4 aromatic rings. The van der Waals surface area contributed by atoms with Gasteiger partial charge in [-0.05, 0) is 35.0 Å². The van der Waals surface area contributed by atoms with Crippen molar-refractivity contribution in [3.05, 3.63) is 94.7 Å². The lowest BCUT2D eigenvalue weighted by molar-refractivity contribution is -0.119. The Morgan fingerprint density at radius 2 is 1.66 bits per heavy atom. The summed E-state index contributed by atoms with van der Waals surface area (Å²) in [5.41, 5.74) is 1.26. The van der Waals surface area contributed by atoms with Gasteiger partial charge in [0.2, 0.25) is 0 Å². The number of rotatable bonds is 6. The first-order valence-corrected chi connectivity index (χ1v) is 10.8. The molecule has 0 unspecified atom stereocenters. The number of fused-ring (bicyclic) bond motifs is 1. The molecule has 0 saturated heterocycles. The van der Waals surface area contributed by atoms with Gasteiger partial charge in [-0.25, -0.2) is 4.79 Å². The van der Waals surface area contributed by atoms with Gasteiger partial charge in [0.1, 0.15) is 0 Å². The van der Waals surface area contributed by atoms with Crippen LogP contribution in [0.1, 0.15) is 20.0 Å². The zero-order valence-corrected chi connectivity index (χ0v) is 18.1. The van der Waals surface area contributed by atoms with Crippen molar-refractivity contribution in [1.29, 1.82) is 0 Å². The molecule has 2 amide bonds. The van der Waals surface area contributed by atoms with Crippen LogP contribution < -0.4 is 10.2 Å². The first-order valence-electron chi connectivity index (χ1n) is 9.90. The summed E-state index contributed by atoms with van der Waals surface area (Å²) < 4.78 is 5.25. The predicted octanol–water partition coefficient (Wildman–Crippen LogP) is 4.97. The van der Waals surface area contributed by atoms with Crippen molar-refractivity contribution in [3.8, 4) is 0 Å². The minimum absolute atomic E-state index is 0.206. The number of esters is 1. The molecule has 32 heavy (non-hydrogen) atoms. The second-order valence-corrected chi connectivity index (χ2v) is 7.96. The molecule has 6 nitrogen and oxygen atoms in total. The van der Waals surface area contributed by atoms with E-state index in [1.54, 1.807) is 49.5 Å². The average molecular weight is 445 g/mol. The van der Waals surface area contributed by atoms with Crippen LogP contribution in [-0.2, 0) is 9.53 Å². The molecular formula is C25H20N2O4S. The topological polar surface area (TPSA) is 75.7 Å². The third kappa shape index (κ3) is 4.53. The molecule has 0 aliphatic heterocycles. The Morgan fingerprint density at radius 3 is 2.47 bits per heavy atom. The number of hydrogen-bond acceptors (Lipinski definition) is 5. The summed E-state index contributed by atoms with van der Waals surface area (Å²) in [5, 5.41) is 6.49. The van der Waals surface area contributed by atoms with Gasteiger partial charge in [-0.3, -0.25) is 9.59 Å². The van der Waals surface area contributed by atoms with Crippen LogP contribution in [0.2, 0.25) is 0 Å². The maximum absolute atomic E-state index is 12.7. The van der Waals surface area contributed by atoms with E-state index >= 15 is 0 Å². The normalized spacial score (nSPS) is 10.5. The monoisotopic (exact) mass is 444 g/mol. The van der Waals surface area contributed by atoms with Crippen molar-refractivity contribution in [1.82, 2.24) is 0 Å². The van der Waals surface area contributed by atoms with E-state index in [-0.39, 0.29) is 11.5 Å². The molecular weight excluding hydrogens is 424 g/mol. The minimum atomic E-state index is -0.681. The number of anilines is 2. The second kappa shape index (κ2) is 9.45. The second-order valence-electron chi connectivity index (χ2n) is 7.01. The van der Waals surface area contributed by atoms with Crippen LogP contribution >= 0.6 is 11.3 Å². The van der Waals surface area contributed by atoms with Crippen molar-refractivity contribution < 1.29 is 19.1 Å². The third-order valence-electron chi connectivity index (χ3n) is 4.92. The summed E-state index contributed by atoms with van der Waals surface area (Å²) in [7, 11) is 1.60. The molecule has 1 N–H and O–H groups in total. The molecule has 0 aliphatic carbocycles. The molecule has 0 spiro atoms. The lowest BCUT2D eigenvalue weighted by Gasteiger charge is -2.19. The largest absolute Gasteiger partial charge is 0.452 e. The summed E-state index contributed by atoms with van der Waals surface area (Å²) in [6, 6.07) is 23.4. The van der Waals surface area contributed by atoms with Crippen molar-refractivity contribution in [2.75, 3.05) is 23.9 Å². The van der Waals surface area contributed by atoms with Crippen LogP contribution in [0.5, 0.6) is 0 Å². The molecule has 0 aliphatic rings. The quantitative estimate of drug-likeness (QED) is 0.426. The predicted molar refractivity (Wildman–Crippen MR) is 126 cm³/mol. The van der Waals surface area contributed by atoms with Gasteiger partial charge in [0.25, 0.3) is 11.8 Å². The van der Waals surface area contributed by atoms with Crippen LogP contribution in [-0.4, -0.2) is 31.4 Å². The molecule has 7 heteroatoms. The van der Waals surface area contributed by atoms with Gasteiger partial charge in [-0.1, -0.05) is 54.6 Å². The van der Waals surface area contributed by atoms with E-state index in [4.69, 9.17) is 4.74 Å². The number of amides is 2. The van der Waals surface area contributed by atoms with Crippen LogP contribution in [0.3, 0.4) is 0 Å². The van der Waals surface area contributed by atoms with E-state index in [2.05, 4.69) is 5.32 Å². The average Bonchev–Trinajstić information content (AvgIpc) is 3.37. The summed E-state index contributed by atoms with van der Waals surface area (Å²) in [4.78, 5) is 39.8. The Kier molecular flexibility index (Phi) is 6.28. The Morgan fingerprint density at radius 1 is 0.906 bits per heavy atom. The Bertz CT molecular complexity index is 1280. The summed E-state index contributed by atoms with van der Waals surface area (Å²) in [6.07, 6.45) is 0. The number of carbonyl (C=O) groups is 3. The fourth-order valence-electron chi connectivity index (χ4n) is 3.34. The summed E-state index contributed by atoms with van der Waals surface area (Å²) in [5.74, 6) is -1.36. The highest BCUT2D eigenvalue weighted by molar-refractivity contribution is 7.12. The smallest absolute Gasteiger partial charge is 0.340 e. The van der Waals surface area contributed by atoms with E-state index in [0.717, 1.165) is 10.8 Å². The van der Waals surface area contributed by atoms with Crippen LogP contribution in [0.4, 0.5) is 11.4 Å². The zero-order chi connectivity index (χ0) is 22.5. The first-order chi connectivity index (χ1) is 15.5. The number of nitrogens with one attached hydrogen (secondary N) is 1. The van der Waals surface area contributed by atoms with Crippen molar-refractivity contribution in [2.45, 2.75) is 0 Å². The molecule has 1 heterocycles. The van der Waals surface area contributed by atoms with E-state index in [1.807, 2.05) is 41.8 Å². The molecule has 4 rings (SSSR count). The SMILES string of the molecule is CN(C(=O)c1cccs1)c1ccccc1C(=O)OCC(=O)Nc1cccc2ccccc12. The fraction of sp³-hybridized carbons (Fsp3) is 0.0800. The molecule has 0 radical (unpaired) electrons. The molecule has 0 fully saturated rings. The van der Waals surface area contributed by atoms with Gasteiger partial charge >= 0.3 is 5.97 Å². The van der Waals surface area contributed by atoms with Gasteiger partial charge in [-0.2, -0.15) is 0 Å². The zero-order valence-electron chi connectivity index (χ0n) is 17.3. The lowest BCUT2D eigenvalue weighted by atomic mass is 10.1. The van der Waals surface area contributed by atoms with Crippen molar-refractivity contribution >= 4 is 51.3 Å². The van der Waals surface area contributed by atoms with Gasteiger partial charge in [0, 0.05) is 18.1 Å². The molecule has 1 aromatic heterocycles. The number of para-hydroxylation sites is 1. The summed E-state index contributed by atoms with van der Waals surface area (Å²) in [6.45, 7) is -0.445. The van der Waals surface area contributed by atoms with Gasteiger partial charge in [0.15, 0.2) is 6.61 Å². The minimum Gasteiger partial charge on any atom is -0.452 e. The summed E-state index contributed by atoms with van der Waals surface area (Å²) >= 11 is 1.32. The third-order valence-corrected chi connectivity index (χ3v) is 5.78. The maximum atomic E-state index is 12.7. The van der Waals surface area contributed by atoms with Crippen LogP contribution in [0.25, 0.3) is 10.8 Å². The van der Waals surface area contributed by atoms with Gasteiger partial charge < -0.3 is 15.0 Å². The number of thiophene rings is 1. The standard InChI is InChI=1S/C25H20N2O4S/c1-27(24(29)22-14-7-15-32-22)21-13-5-4-11-19(21)25(30)31-16-23(28)26-20-12-6-9-17-8-2-3-10-18(17)20/h2-15H,16H2,1H3,(H,26,28). The van der Waals surface area contributed by atoms with Crippen LogP contribution in [0.15, 0.2) is 84.2 Å². The van der Waals surface area contributed by atoms with E-state index < -0.39 is 18.5 Å². The molecule has 0 atom stereocenters. The van der Waals surface area contributed by atoms with E-state index in [9.17, 15) is 14.4 Å². The fourth-order valence-corrected chi connectivity index (χ4v) is 4.04. The Labute approximate surface area is 189 Å². The number of hydrogen-bond donors (Lipinski definition) is 1. The molecule has 0 bridgehead atoms. The number of carbonyl (C=O) groups excluding carboxylic acids is 3. The highest BCUT2D eigenvalue weighted by atomic mass is 32.1. The molecule has 3 aromatic carbocycles. The van der Waals surface area contributed by atoms with Crippen LogP contribution in [0, 0.1) is 0 Å². The van der Waals surface area contributed by atoms with Gasteiger partial charge in [-0.15, -0.1) is 11.3 Å². The number of nitrogens with zero attached hydrogens (tertiary/aromatic N) is 1. The highest BCUT2D eigenvalue weighted by Gasteiger charge is 2.21. The van der Waals surface area contributed by atoms with Crippen molar-refractivity contribution in [3.63, 3.8) is 0 Å². The highest BCUT2D eigenvalue weighted by Crippen LogP contribution is 2.24. The molecule has 160 valence electrons. The van der Waals surface area contributed by atoms with E-state index in [0.29, 0.717) is 16.3 Å². The number of ether oxygens (including phenoxy) is 1. The lowest BCUT2D eigenvalue weighted by Crippen LogP contribution is -2.28. The first kappa shape index (κ1) is 21.3. The maximum Gasteiger partial charge on any atom is 0.340 e. The number of benzene rings is 3. The Hall–Kier alpha value is -3.97. The Balaban J connectivity index is 1.44. The van der Waals surface area contributed by atoms with Gasteiger partial charge in [0.05, 0.1) is 16.1 Å². The van der Waals surface area contributed by atoms with E-state index in [1.165, 1.54) is 16.2 Å². The van der Waals surface area contributed by atoms with Crippen molar-refractivity contribution in [2.24, 2.45) is 0 Å². The molecule has 0 saturated carbocycles.